The predicted octanol–water partition coefficient (Wildman–Crippen LogP) is 0.237. The molecular formula is C15H30N4O2S3. The number of thiol groups is 3. The van der Waals surface area contributed by atoms with Gasteiger partial charge in [0.05, 0.1) is 6.04 Å². The Hall–Kier alpha value is -0.510. The monoisotopic (exact) mass is 394 g/mol. The number of hydrogen-bond donors (Lipinski definition) is 7. The molecule has 2 amide bonds. The summed E-state index contributed by atoms with van der Waals surface area (Å²) in [5.41, 5.74) is -1.24. The molecule has 140 valence electrons. The molecule has 0 heterocycles. The molecule has 0 saturated heterocycles. The van der Waals surface area contributed by atoms with Gasteiger partial charge in [0.15, 0.2) is 0 Å². The van der Waals surface area contributed by atoms with Crippen molar-refractivity contribution in [2.45, 2.75) is 37.9 Å². The first-order chi connectivity index (χ1) is 11.1. The number of carbonyl (C=O) groups excluding carboxylic acids is 2. The van der Waals surface area contributed by atoms with E-state index in [-0.39, 0.29) is 17.6 Å². The largest absolute Gasteiger partial charge is 0.373 e. The number of nitrogens with one attached hydrogen (secondary N) is 4. The van der Waals surface area contributed by atoms with Crippen molar-refractivity contribution in [2.75, 3.05) is 30.9 Å². The van der Waals surface area contributed by atoms with Gasteiger partial charge < -0.3 is 21.3 Å². The summed E-state index contributed by atoms with van der Waals surface area (Å²) in [5, 5.41) is 11.7. The van der Waals surface area contributed by atoms with Crippen LogP contribution in [0.25, 0.3) is 0 Å². The Balaban J connectivity index is 5.11. The van der Waals surface area contributed by atoms with Crippen LogP contribution in [-0.2, 0) is 9.59 Å². The van der Waals surface area contributed by atoms with Crippen molar-refractivity contribution in [3.8, 4) is 0 Å². The van der Waals surface area contributed by atoms with Gasteiger partial charge in [-0.05, 0) is 20.4 Å². The van der Waals surface area contributed by atoms with E-state index in [2.05, 4.69) is 65.7 Å². The van der Waals surface area contributed by atoms with Crippen LogP contribution in [0.15, 0.2) is 12.3 Å². The van der Waals surface area contributed by atoms with E-state index in [0.29, 0.717) is 23.7 Å². The van der Waals surface area contributed by atoms with Crippen molar-refractivity contribution >= 4 is 49.7 Å². The van der Waals surface area contributed by atoms with E-state index >= 15 is 0 Å². The molecule has 0 spiro atoms. The van der Waals surface area contributed by atoms with Crippen molar-refractivity contribution in [1.82, 2.24) is 21.3 Å². The summed E-state index contributed by atoms with van der Waals surface area (Å²) in [6.45, 7) is 10.0. The second kappa shape index (κ2) is 10.5. The molecule has 0 aliphatic rings. The molecule has 0 aromatic rings. The maximum atomic E-state index is 12.6. The average Bonchev–Trinajstić information content (AvgIpc) is 2.58. The van der Waals surface area contributed by atoms with Gasteiger partial charge in [-0.2, -0.15) is 37.9 Å². The minimum absolute atomic E-state index is 0.200. The van der Waals surface area contributed by atoms with Crippen LogP contribution >= 0.6 is 37.9 Å². The van der Waals surface area contributed by atoms with E-state index in [1.54, 1.807) is 20.9 Å². The van der Waals surface area contributed by atoms with Gasteiger partial charge in [0, 0.05) is 30.0 Å². The Morgan fingerprint density at radius 1 is 1.08 bits per heavy atom. The van der Waals surface area contributed by atoms with Crippen LogP contribution in [0.5, 0.6) is 0 Å². The summed E-state index contributed by atoms with van der Waals surface area (Å²) in [5.74, 6) is 0.538. The van der Waals surface area contributed by atoms with Crippen LogP contribution in [0.1, 0.15) is 20.8 Å². The molecule has 0 bridgehead atoms. The Kier molecular flexibility index (Phi) is 10.3. The van der Waals surface area contributed by atoms with E-state index < -0.39 is 17.1 Å². The van der Waals surface area contributed by atoms with E-state index in [1.165, 1.54) is 0 Å². The zero-order chi connectivity index (χ0) is 19.0. The second-order valence-electron chi connectivity index (χ2n) is 5.95. The quantitative estimate of drug-likeness (QED) is 0.256. The summed E-state index contributed by atoms with van der Waals surface area (Å²) >= 11 is 12.8. The third-order valence-electron chi connectivity index (χ3n) is 3.77. The maximum Gasteiger partial charge on any atom is 0.245 e. The fourth-order valence-corrected chi connectivity index (χ4v) is 2.83. The highest BCUT2D eigenvalue weighted by Gasteiger charge is 2.35. The molecule has 0 unspecified atom stereocenters. The molecule has 0 aliphatic heterocycles. The van der Waals surface area contributed by atoms with E-state index in [4.69, 9.17) is 0 Å². The SMILES string of the molecule is C=C(N[C@](C)(CS)C(=O)NC)[C@@H](CS)NC(=O)[C@@](C)(CS)NCC. The predicted molar refractivity (Wildman–Crippen MR) is 110 cm³/mol. The lowest BCUT2D eigenvalue weighted by Crippen LogP contribution is -2.61. The lowest BCUT2D eigenvalue weighted by Gasteiger charge is -2.34. The molecule has 0 radical (unpaired) electrons. The molecule has 6 nitrogen and oxygen atoms in total. The van der Waals surface area contributed by atoms with Crippen molar-refractivity contribution in [3.63, 3.8) is 0 Å². The number of carbonyl (C=O) groups is 2. The minimum atomic E-state index is -0.935. The summed E-state index contributed by atoms with van der Waals surface area (Å²) in [7, 11) is 1.56. The highest BCUT2D eigenvalue weighted by atomic mass is 32.1. The van der Waals surface area contributed by atoms with Crippen LogP contribution in [0.3, 0.4) is 0 Å². The lowest BCUT2D eigenvalue weighted by molar-refractivity contribution is -0.126. The topological polar surface area (TPSA) is 82.3 Å². The smallest absolute Gasteiger partial charge is 0.245 e. The van der Waals surface area contributed by atoms with Crippen molar-refractivity contribution < 1.29 is 9.59 Å². The van der Waals surface area contributed by atoms with Crippen LogP contribution in [0.4, 0.5) is 0 Å². The fraction of sp³-hybridized carbons (Fsp3) is 0.733. The molecule has 24 heavy (non-hydrogen) atoms. The van der Waals surface area contributed by atoms with Gasteiger partial charge in [-0.25, -0.2) is 0 Å². The van der Waals surface area contributed by atoms with Crippen molar-refractivity contribution in [2.24, 2.45) is 0 Å². The van der Waals surface area contributed by atoms with Crippen LogP contribution in [0, 0.1) is 0 Å². The Morgan fingerprint density at radius 2 is 1.62 bits per heavy atom. The van der Waals surface area contributed by atoms with E-state index in [9.17, 15) is 9.59 Å². The molecule has 9 heteroatoms. The number of hydrogen-bond acceptors (Lipinski definition) is 7. The first-order valence-corrected chi connectivity index (χ1v) is 9.61. The zero-order valence-electron chi connectivity index (χ0n) is 14.8. The molecular weight excluding hydrogens is 364 g/mol. The minimum Gasteiger partial charge on any atom is -0.373 e. The van der Waals surface area contributed by atoms with Gasteiger partial charge in [0.1, 0.15) is 11.1 Å². The van der Waals surface area contributed by atoms with E-state index in [0.717, 1.165) is 0 Å². The molecule has 0 aromatic heterocycles. The third-order valence-corrected chi connectivity index (χ3v) is 5.40. The lowest BCUT2D eigenvalue weighted by atomic mass is 10.0. The Labute approximate surface area is 161 Å². The summed E-state index contributed by atoms with van der Waals surface area (Å²) < 4.78 is 0. The molecule has 0 saturated carbocycles. The van der Waals surface area contributed by atoms with Crippen LogP contribution < -0.4 is 21.3 Å². The van der Waals surface area contributed by atoms with Gasteiger partial charge in [0.2, 0.25) is 11.8 Å². The second-order valence-corrected chi connectivity index (χ2v) is 6.95. The van der Waals surface area contributed by atoms with E-state index in [1.807, 2.05) is 6.92 Å². The first-order valence-electron chi connectivity index (χ1n) is 7.71. The normalized spacial score (nSPS) is 17.1. The van der Waals surface area contributed by atoms with Gasteiger partial charge in [-0.1, -0.05) is 13.5 Å². The maximum absolute atomic E-state index is 12.6. The zero-order valence-corrected chi connectivity index (χ0v) is 17.5. The number of amides is 2. The molecule has 0 rings (SSSR count). The molecule has 0 aliphatic carbocycles. The Bertz CT molecular complexity index is 464. The summed E-state index contributed by atoms with van der Waals surface area (Å²) in [4.78, 5) is 24.6. The Morgan fingerprint density at radius 3 is 2.00 bits per heavy atom. The number of rotatable bonds is 11. The van der Waals surface area contributed by atoms with Gasteiger partial charge >= 0.3 is 0 Å². The van der Waals surface area contributed by atoms with Crippen molar-refractivity contribution in [3.05, 3.63) is 12.3 Å². The van der Waals surface area contributed by atoms with Gasteiger partial charge in [-0.15, -0.1) is 0 Å². The first kappa shape index (κ1) is 23.5. The van der Waals surface area contributed by atoms with Gasteiger partial charge in [0.25, 0.3) is 0 Å². The van der Waals surface area contributed by atoms with Crippen LogP contribution in [-0.4, -0.2) is 59.8 Å². The summed E-state index contributed by atoms with van der Waals surface area (Å²) in [6.07, 6.45) is 0. The fourth-order valence-electron chi connectivity index (χ4n) is 2.04. The van der Waals surface area contributed by atoms with Crippen LogP contribution in [0.2, 0.25) is 0 Å². The molecule has 0 fully saturated rings. The van der Waals surface area contributed by atoms with Gasteiger partial charge in [-0.3, -0.25) is 9.59 Å². The van der Waals surface area contributed by atoms with Crippen molar-refractivity contribution in [1.29, 1.82) is 0 Å². The molecule has 3 atom stereocenters. The highest BCUT2D eigenvalue weighted by Crippen LogP contribution is 2.13. The number of likely N-dealkylation sites (N-methyl/N-ethyl adjacent to an activating group) is 2. The molecule has 0 aromatic carbocycles. The standard InChI is InChI=1S/C15H30N4O2S3/c1-6-17-14(3,8-23)13(21)18-11(7-22)10(2)19-15(4,9-24)12(20)16-5/h11,17,19,22-24H,2,6-9H2,1,3-5H3,(H,16,20)(H,18,21)/t11-,14-,15-/m1/s1. The average molecular weight is 395 g/mol. The molecule has 4 N–H and O–H groups in total. The third kappa shape index (κ3) is 6.09. The summed E-state index contributed by atoms with van der Waals surface area (Å²) in [6, 6.07) is -0.442. The highest BCUT2D eigenvalue weighted by molar-refractivity contribution is 7.80.